The fourth-order valence-corrected chi connectivity index (χ4v) is 5.68. The third-order valence-corrected chi connectivity index (χ3v) is 6.35. The van der Waals surface area contributed by atoms with Crippen LogP contribution in [0.2, 0.25) is 0 Å². The summed E-state index contributed by atoms with van der Waals surface area (Å²) in [6.07, 6.45) is 7.30. The summed E-state index contributed by atoms with van der Waals surface area (Å²) in [4.78, 5) is 0. The first-order valence-corrected chi connectivity index (χ1v) is 8.65. The Kier molecular flexibility index (Phi) is 3.21. The number of nitrogens with one attached hydrogen (secondary N) is 1. The lowest BCUT2D eigenvalue weighted by atomic mass is 9.79. The van der Waals surface area contributed by atoms with Crippen LogP contribution in [0, 0.1) is 23.7 Å². The molecule has 1 aromatic carbocycles. The minimum Gasteiger partial charge on any atom is -0.497 e. The first kappa shape index (κ1) is 13.0. The van der Waals surface area contributed by atoms with Crippen LogP contribution in [0.3, 0.4) is 0 Å². The zero-order chi connectivity index (χ0) is 13.7. The van der Waals surface area contributed by atoms with Gasteiger partial charge in [0.25, 0.3) is 0 Å². The van der Waals surface area contributed by atoms with E-state index in [9.17, 15) is 0 Å². The molecule has 2 bridgehead atoms. The highest BCUT2D eigenvalue weighted by atomic mass is 79.9. The second-order valence-corrected chi connectivity index (χ2v) is 7.70. The molecule has 108 valence electrons. The third-order valence-electron chi connectivity index (χ3n) is 5.89. The lowest BCUT2D eigenvalue weighted by molar-refractivity contribution is 0.243. The van der Waals surface area contributed by atoms with Crippen molar-refractivity contribution in [3.8, 4) is 5.75 Å². The third kappa shape index (κ3) is 2.05. The Balaban J connectivity index is 1.52. The Hall–Kier alpha value is -0.700. The van der Waals surface area contributed by atoms with Gasteiger partial charge in [-0.05, 0) is 61.5 Å². The van der Waals surface area contributed by atoms with Crippen LogP contribution in [0.15, 0.2) is 22.7 Å². The Labute approximate surface area is 129 Å². The number of hydrogen-bond acceptors (Lipinski definition) is 2. The number of anilines is 1. The molecule has 1 aromatic rings. The molecule has 0 aliphatic heterocycles. The molecule has 5 unspecified atom stereocenters. The van der Waals surface area contributed by atoms with Gasteiger partial charge < -0.3 is 10.1 Å². The first-order valence-electron chi connectivity index (χ1n) is 7.85. The van der Waals surface area contributed by atoms with E-state index in [1.165, 1.54) is 37.8 Å². The highest BCUT2D eigenvalue weighted by Crippen LogP contribution is 2.59. The molecule has 3 saturated carbocycles. The molecule has 5 atom stereocenters. The van der Waals surface area contributed by atoms with Crippen LogP contribution in [-0.2, 0) is 0 Å². The lowest BCUT2D eigenvalue weighted by Crippen LogP contribution is -2.33. The molecule has 20 heavy (non-hydrogen) atoms. The van der Waals surface area contributed by atoms with Gasteiger partial charge in [-0.15, -0.1) is 0 Å². The van der Waals surface area contributed by atoms with Gasteiger partial charge in [-0.2, -0.15) is 0 Å². The van der Waals surface area contributed by atoms with Crippen molar-refractivity contribution in [1.29, 1.82) is 0 Å². The number of benzene rings is 1. The molecular formula is C17H22BrNO. The summed E-state index contributed by atoms with van der Waals surface area (Å²) in [5, 5.41) is 3.79. The topological polar surface area (TPSA) is 21.3 Å². The van der Waals surface area contributed by atoms with Gasteiger partial charge in [0.15, 0.2) is 0 Å². The average molecular weight is 336 g/mol. The van der Waals surface area contributed by atoms with Crippen LogP contribution in [-0.4, -0.2) is 13.2 Å². The second-order valence-electron chi connectivity index (χ2n) is 6.78. The maximum absolute atomic E-state index is 5.36. The lowest BCUT2D eigenvalue weighted by Gasteiger charge is -2.32. The summed E-state index contributed by atoms with van der Waals surface area (Å²) < 4.78 is 6.45. The van der Waals surface area contributed by atoms with E-state index in [2.05, 4.69) is 33.4 Å². The van der Waals surface area contributed by atoms with E-state index < -0.39 is 0 Å². The normalized spacial score (nSPS) is 38.0. The predicted octanol–water partition coefficient (Wildman–Crippen LogP) is 4.69. The van der Waals surface area contributed by atoms with Crippen LogP contribution in [0.5, 0.6) is 5.75 Å². The van der Waals surface area contributed by atoms with Crippen LogP contribution in [0.4, 0.5) is 5.69 Å². The minimum atomic E-state index is 0.679. The van der Waals surface area contributed by atoms with E-state index in [4.69, 9.17) is 4.74 Å². The molecule has 4 rings (SSSR count). The van der Waals surface area contributed by atoms with E-state index in [1.807, 2.05) is 6.07 Å². The molecule has 0 heterocycles. The van der Waals surface area contributed by atoms with Crippen molar-refractivity contribution in [2.24, 2.45) is 23.7 Å². The van der Waals surface area contributed by atoms with Crippen molar-refractivity contribution in [3.05, 3.63) is 22.7 Å². The molecule has 0 aromatic heterocycles. The van der Waals surface area contributed by atoms with Crippen molar-refractivity contribution in [1.82, 2.24) is 0 Å². The molecule has 0 radical (unpaired) electrons. The molecule has 3 fully saturated rings. The zero-order valence-corrected chi connectivity index (χ0v) is 13.5. The molecule has 0 saturated heterocycles. The number of ether oxygens (including phenoxy) is 1. The van der Waals surface area contributed by atoms with Gasteiger partial charge in [0, 0.05) is 22.3 Å². The second kappa shape index (κ2) is 4.94. The molecule has 3 aliphatic rings. The van der Waals surface area contributed by atoms with Crippen molar-refractivity contribution in [2.45, 2.75) is 38.1 Å². The largest absolute Gasteiger partial charge is 0.497 e. The van der Waals surface area contributed by atoms with Gasteiger partial charge in [-0.3, -0.25) is 0 Å². The number of rotatable bonds is 3. The zero-order valence-electron chi connectivity index (χ0n) is 11.9. The van der Waals surface area contributed by atoms with Crippen molar-refractivity contribution >= 4 is 21.6 Å². The van der Waals surface area contributed by atoms with Crippen LogP contribution in [0.25, 0.3) is 0 Å². The summed E-state index contributed by atoms with van der Waals surface area (Å²) in [6, 6.07) is 6.97. The Morgan fingerprint density at radius 1 is 1.10 bits per heavy atom. The van der Waals surface area contributed by atoms with Crippen molar-refractivity contribution < 1.29 is 4.74 Å². The molecule has 3 aliphatic carbocycles. The molecule has 3 heteroatoms. The van der Waals surface area contributed by atoms with E-state index in [-0.39, 0.29) is 0 Å². The fraction of sp³-hybridized carbons (Fsp3) is 0.647. The van der Waals surface area contributed by atoms with Gasteiger partial charge >= 0.3 is 0 Å². The number of hydrogen-bond donors (Lipinski definition) is 1. The maximum Gasteiger partial charge on any atom is 0.122 e. The minimum absolute atomic E-state index is 0.679. The maximum atomic E-state index is 5.36. The molecule has 1 N–H and O–H groups in total. The van der Waals surface area contributed by atoms with E-state index in [0.717, 1.165) is 33.9 Å². The smallest absolute Gasteiger partial charge is 0.122 e. The highest BCUT2D eigenvalue weighted by molar-refractivity contribution is 9.10. The quantitative estimate of drug-likeness (QED) is 0.864. The number of methoxy groups -OCH3 is 1. The van der Waals surface area contributed by atoms with Crippen LogP contribution < -0.4 is 10.1 Å². The fourth-order valence-electron chi connectivity index (χ4n) is 5.21. The monoisotopic (exact) mass is 335 g/mol. The van der Waals surface area contributed by atoms with Gasteiger partial charge in [-0.25, -0.2) is 0 Å². The van der Waals surface area contributed by atoms with Gasteiger partial charge in [0.05, 0.1) is 7.11 Å². The van der Waals surface area contributed by atoms with Crippen LogP contribution in [0.1, 0.15) is 32.1 Å². The van der Waals surface area contributed by atoms with Crippen molar-refractivity contribution in [2.75, 3.05) is 12.4 Å². The standard InChI is InChI=1S/C17H22BrNO/c1-20-13-8-11(18)7-12(9-13)19-17-6-10-5-16(17)15-4-2-3-14(10)15/h7-10,14-17,19H,2-6H2,1H3. The number of halogens is 1. The Bertz CT molecular complexity index is 518. The Morgan fingerprint density at radius 2 is 1.95 bits per heavy atom. The molecular weight excluding hydrogens is 314 g/mol. The predicted molar refractivity (Wildman–Crippen MR) is 85.1 cm³/mol. The van der Waals surface area contributed by atoms with E-state index >= 15 is 0 Å². The molecule has 2 nitrogen and oxygen atoms in total. The summed E-state index contributed by atoms with van der Waals surface area (Å²) in [6.45, 7) is 0. The van der Waals surface area contributed by atoms with Crippen LogP contribution >= 0.6 is 15.9 Å². The summed E-state index contributed by atoms with van der Waals surface area (Å²) >= 11 is 3.57. The summed E-state index contributed by atoms with van der Waals surface area (Å²) in [7, 11) is 1.73. The summed E-state index contributed by atoms with van der Waals surface area (Å²) in [5.74, 6) is 4.91. The van der Waals surface area contributed by atoms with E-state index in [1.54, 1.807) is 7.11 Å². The van der Waals surface area contributed by atoms with Gasteiger partial charge in [-0.1, -0.05) is 22.4 Å². The molecule has 0 amide bonds. The SMILES string of the molecule is COc1cc(Br)cc(NC2CC3CC2C2CCCC32)c1. The van der Waals surface area contributed by atoms with E-state index in [0.29, 0.717) is 6.04 Å². The molecule has 0 spiro atoms. The number of fused-ring (bicyclic) bond motifs is 5. The summed E-state index contributed by atoms with van der Waals surface area (Å²) in [5.41, 5.74) is 1.20. The Morgan fingerprint density at radius 3 is 2.80 bits per heavy atom. The first-order chi connectivity index (χ1) is 9.74. The van der Waals surface area contributed by atoms with Gasteiger partial charge in [0.2, 0.25) is 0 Å². The van der Waals surface area contributed by atoms with Gasteiger partial charge in [0.1, 0.15) is 5.75 Å². The highest BCUT2D eigenvalue weighted by Gasteiger charge is 2.53. The van der Waals surface area contributed by atoms with Crippen molar-refractivity contribution in [3.63, 3.8) is 0 Å². The average Bonchev–Trinajstić information content (AvgIpc) is 3.09.